The average molecular weight is 341 g/mol. The molecule has 0 aliphatic carbocycles. The van der Waals surface area contributed by atoms with Crippen LogP contribution in [0.4, 0.5) is 5.69 Å². The molecule has 0 spiro atoms. The van der Waals surface area contributed by atoms with Crippen LogP contribution in [0.1, 0.15) is 11.1 Å². The van der Waals surface area contributed by atoms with Gasteiger partial charge in [0, 0.05) is 5.56 Å². The Hall–Kier alpha value is -1.63. The van der Waals surface area contributed by atoms with Crippen LogP contribution in [0.5, 0.6) is 0 Å². The molecule has 0 saturated heterocycles. The van der Waals surface area contributed by atoms with Crippen molar-refractivity contribution in [3.8, 4) is 0 Å². The smallest absolute Gasteiger partial charge is 0.262 e. The lowest BCUT2D eigenvalue weighted by molar-refractivity contribution is 0.601. The normalized spacial score (nSPS) is 11.1. The van der Waals surface area contributed by atoms with Crippen LogP contribution < -0.4 is 10.5 Å². The zero-order valence-electron chi connectivity index (χ0n) is 11.1. The molecule has 0 unspecified atom stereocenters. The van der Waals surface area contributed by atoms with Gasteiger partial charge in [0.2, 0.25) is 0 Å². The standard InChI is InChI=1S/C14H13ClN2O2S2/c1-9-6-7-11(15)12(8-9)17-21(18,19)13-5-3-2-4-10(13)14(16)20/h2-8,17H,1H3,(H2,16,20). The second kappa shape index (κ2) is 6.01. The van der Waals surface area contributed by atoms with Crippen LogP contribution in [-0.2, 0) is 10.0 Å². The Morgan fingerprint density at radius 2 is 1.90 bits per heavy atom. The van der Waals surface area contributed by atoms with Gasteiger partial charge in [-0.2, -0.15) is 0 Å². The molecule has 0 fully saturated rings. The minimum absolute atomic E-state index is 0.0197. The summed E-state index contributed by atoms with van der Waals surface area (Å²) < 4.78 is 27.5. The van der Waals surface area contributed by atoms with E-state index in [1.54, 1.807) is 36.4 Å². The lowest BCUT2D eigenvalue weighted by Crippen LogP contribution is -2.19. The molecule has 0 aliphatic rings. The fraction of sp³-hybridized carbons (Fsp3) is 0.0714. The summed E-state index contributed by atoms with van der Waals surface area (Å²) in [5.74, 6) is 0. The molecule has 0 saturated carbocycles. The second-order valence-corrected chi connectivity index (χ2v) is 6.95. The number of thiocarbonyl (C=S) groups is 1. The van der Waals surface area contributed by atoms with E-state index in [9.17, 15) is 8.42 Å². The zero-order valence-corrected chi connectivity index (χ0v) is 13.5. The minimum atomic E-state index is -3.83. The molecule has 2 rings (SSSR count). The number of benzene rings is 2. The topological polar surface area (TPSA) is 72.2 Å². The molecule has 2 aromatic rings. The third kappa shape index (κ3) is 3.53. The molecule has 4 nitrogen and oxygen atoms in total. The van der Waals surface area contributed by atoms with Gasteiger partial charge in [-0.25, -0.2) is 8.42 Å². The second-order valence-electron chi connectivity index (χ2n) is 4.45. The van der Waals surface area contributed by atoms with Gasteiger partial charge in [0.25, 0.3) is 10.0 Å². The number of sulfonamides is 1. The van der Waals surface area contributed by atoms with Crippen molar-refractivity contribution < 1.29 is 8.42 Å². The van der Waals surface area contributed by atoms with Crippen molar-refractivity contribution in [2.45, 2.75) is 11.8 Å². The Labute approximate surface area is 134 Å². The van der Waals surface area contributed by atoms with Gasteiger partial charge in [0.05, 0.1) is 15.6 Å². The van der Waals surface area contributed by atoms with Gasteiger partial charge in [-0.15, -0.1) is 0 Å². The summed E-state index contributed by atoms with van der Waals surface area (Å²) in [6, 6.07) is 11.4. The molecule has 0 amide bonds. The van der Waals surface area contributed by atoms with Crippen LogP contribution >= 0.6 is 23.8 Å². The highest BCUT2D eigenvalue weighted by Gasteiger charge is 2.20. The predicted octanol–water partition coefficient (Wildman–Crippen LogP) is 3.08. The van der Waals surface area contributed by atoms with Crippen LogP contribution in [0, 0.1) is 6.92 Å². The molecule has 0 radical (unpaired) electrons. The van der Waals surface area contributed by atoms with Gasteiger partial charge in [-0.3, -0.25) is 4.72 Å². The minimum Gasteiger partial charge on any atom is -0.389 e. The van der Waals surface area contributed by atoms with Crippen molar-refractivity contribution in [1.29, 1.82) is 0 Å². The Balaban J connectivity index is 2.49. The van der Waals surface area contributed by atoms with E-state index in [1.807, 2.05) is 6.92 Å². The van der Waals surface area contributed by atoms with Crippen molar-refractivity contribution in [3.63, 3.8) is 0 Å². The molecule has 21 heavy (non-hydrogen) atoms. The van der Waals surface area contributed by atoms with E-state index in [4.69, 9.17) is 29.6 Å². The van der Waals surface area contributed by atoms with E-state index < -0.39 is 10.0 Å². The highest BCUT2D eigenvalue weighted by atomic mass is 35.5. The monoisotopic (exact) mass is 340 g/mol. The molecule has 0 aromatic heterocycles. The number of rotatable bonds is 4. The summed E-state index contributed by atoms with van der Waals surface area (Å²) in [7, 11) is -3.83. The first kappa shape index (κ1) is 15.8. The fourth-order valence-corrected chi connectivity index (χ4v) is 3.58. The number of nitrogens with two attached hydrogens (primary N) is 1. The zero-order chi connectivity index (χ0) is 15.6. The van der Waals surface area contributed by atoms with Gasteiger partial charge in [0.15, 0.2) is 0 Å². The van der Waals surface area contributed by atoms with Crippen LogP contribution in [0.3, 0.4) is 0 Å². The molecule has 0 aliphatic heterocycles. The van der Waals surface area contributed by atoms with E-state index in [1.165, 1.54) is 6.07 Å². The molecular formula is C14H13ClN2O2S2. The van der Waals surface area contributed by atoms with E-state index >= 15 is 0 Å². The van der Waals surface area contributed by atoms with E-state index in [-0.39, 0.29) is 9.88 Å². The van der Waals surface area contributed by atoms with E-state index in [2.05, 4.69) is 4.72 Å². The molecule has 0 bridgehead atoms. The lowest BCUT2D eigenvalue weighted by Gasteiger charge is -2.13. The first-order valence-electron chi connectivity index (χ1n) is 5.99. The Morgan fingerprint density at radius 1 is 1.24 bits per heavy atom. The van der Waals surface area contributed by atoms with Gasteiger partial charge >= 0.3 is 0 Å². The molecule has 3 N–H and O–H groups in total. The molecule has 7 heteroatoms. The Morgan fingerprint density at radius 3 is 2.57 bits per heavy atom. The maximum atomic E-state index is 12.5. The van der Waals surface area contributed by atoms with Crippen molar-refractivity contribution in [1.82, 2.24) is 0 Å². The number of halogens is 1. The Kier molecular flexibility index (Phi) is 4.51. The third-order valence-corrected chi connectivity index (χ3v) is 4.78. The summed E-state index contributed by atoms with van der Waals surface area (Å²) in [5.41, 5.74) is 7.07. The first-order valence-corrected chi connectivity index (χ1v) is 8.26. The Bertz CT molecular complexity index is 804. The molecule has 0 atom stereocenters. The van der Waals surface area contributed by atoms with Crippen molar-refractivity contribution >= 4 is 44.5 Å². The average Bonchev–Trinajstić information content (AvgIpc) is 2.42. The maximum Gasteiger partial charge on any atom is 0.262 e. The highest BCUT2D eigenvalue weighted by molar-refractivity contribution is 7.93. The van der Waals surface area contributed by atoms with Crippen LogP contribution in [0.15, 0.2) is 47.4 Å². The van der Waals surface area contributed by atoms with Crippen molar-refractivity contribution in [3.05, 3.63) is 58.6 Å². The van der Waals surface area contributed by atoms with E-state index in [0.717, 1.165) is 5.56 Å². The molecule has 0 heterocycles. The maximum absolute atomic E-state index is 12.5. The summed E-state index contributed by atoms with van der Waals surface area (Å²) >= 11 is 10.9. The first-order chi connectivity index (χ1) is 9.81. The quantitative estimate of drug-likeness (QED) is 0.839. The largest absolute Gasteiger partial charge is 0.389 e. The lowest BCUT2D eigenvalue weighted by atomic mass is 10.2. The molecular weight excluding hydrogens is 328 g/mol. The van der Waals surface area contributed by atoms with Gasteiger partial charge in [0.1, 0.15) is 4.99 Å². The highest BCUT2D eigenvalue weighted by Crippen LogP contribution is 2.26. The number of hydrogen-bond acceptors (Lipinski definition) is 3. The summed E-state index contributed by atoms with van der Waals surface area (Å²) in [5, 5.41) is 0.317. The molecule has 110 valence electrons. The fourth-order valence-electron chi connectivity index (χ4n) is 1.82. The number of anilines is 1. The summed E-state index contributed by atoms with van der Waals surface area (Å²) in [6.45, 7) is 1.84. The number of nitrogens with one attached hydrogen (secondary N) is 1. The van der Waals surface area contributed by atoms with Gasteiger partial charge in [-0.05, 0) is 30.7 Å². The van der Waals surface area contributed by atoms with Crippen LogP contribution in [0.25, 0.3) is 0 Å². The summed E-state index contributed by atoms with van der Waals surface area (Å²) in [4.78, 5) is 0.0430. The van der Waals surface area contributed by atoms with Crippen LogP contribution in [-0.4, -0.2) is 13.4 Å². The SMILES string of the molecule is Cc1ccc(Cl)c(NS(=O)(=O)c2ccccc2C(N)=S)c1. The number of aryl methyl sites for hydroxylation is 1. The third-order valence-electron chi connectivity index (χ3n) is 2.81. The molecule has 2 aromatic carbocycles. The number of hydrogen-bond donors (Lipinski definition) is 2. The summed E-state index contributed by atoms with van der Waals surface area (Å²) in [6.07, 6.45) is 0. The van der Waals surface area contributed by atoms with Crippen molar-refractivity contribution in [2.24, 2.45) is 5.73 Å². The van der Waals surface area contributed by atoms with Crippen LogP contribution in [0.2, 0.25) is 5.02 Å². The predicted molar refractivity (Wildman–Crippen MR) is 89.3 cm³/mol. The van der Waals surface area contributed by atoms with Crippen molar-refractivity contribution in [2.75, 3.05) is 4.72 Å². The van der Waals surface area contributed by atoms with Gasteiger partial charge < -0.3 is 5.73 Å². The van der Waals surface area contributed by atoms with Gasteiger partial charge in [-0.1, -0.05) is 48.1 Å². The van der Waals surface area contributed by atoms with E-state index in [0.29, 0.717) is 16.3 Å².